The summed E-state index contributed by atoms with van der Waals surface area (Å²) in [5.41, 5.74) is 7.09. The number of aromatic nitrogens is 1. The van der Waals surface area contributed by atoms with Crippen LogP contribution in [-0.2, 0) is 5.41 Å². The number of rotatable bonds is 2. The van der Waals surface area contributed by atoms with Crippen molar-refractivity contribution in [2.24, 2.45) is 5.41 Å². The summed E-state index contributed by atoms with van der Waals surface area (Å²) in [6.45, 7) is 14.4. The van der Waals surface area contributed by atoms with Crippen LogP contribution < -0.4 is 11.1 Å². The number of pyridine rings is 1. The minimum atomic E-state index is -0.139. The van der Waals surface area contributed by atoms with Crippen LogP contribution in [0.25, 0.3) is 0 Å². The van der Waals surface area contributed by atoms with Crippen molar-refractivity contribution in [2.75, 3.05) is 5.73 Å². The number of nitrogens with two attached hydrogens (primary N) is 1. The predicted octanol–water partition coefficient (Wildman–Crippen LogP) is 3.13. The molecule has 0 bridgehead atoms. The SMILES string of the molecule is CC(NC(=O)c1cc(N)nc(C(C)(C)C)c1)C(C)(C)C. The van der Waals surface area contributed by atoms with E-state index in [9.17, 15) is 4.79 Å². The summed E-state index contributed by atoms with van der Waals surface area (Å²) in [5, 5.41) is 3.02. The smallest absolute Gasteiger partial charge is 0.251 e. The van der Waals surface area contributed by atoms with Gasteiger partial charge in [0.2, 0.25) is 0 Å². The second kappa shape index (κ2) is 5.43. The molecule has 20 heavy (non-hydrogen) atoms. The molecule has 4 heteroatoms. The average Bonchev–Trinajstić information content (AvgIpc) is 2.25. The molecule has 4 nitrogen and oxygen atoms in total. The number of nitrogen functional groups attached to an aromatic ring is 1. The average molecular weight is 277 g/mol. The van der Waals surface area contributed by atoms with Gasteiger partial charge in [0.15, 0.2) is 0 Å². The zero-order valence-electron chi connectivity index (χ0n) is 13.7. The fraction of sp³-hybridized carbons (Fsp3) is 0.625. The summed E-state index contributed by atoms with van der Waals surface area (Å²) < 4.78 is 0. The van der Waals surface area contributed by atoms with Gasteiger partial charge in [-0.25, -0.2) is 4.98 Å². The van der Waals surface area contributed by atoms with E-state index in [1.165, 1.54) is 0 Å². The van der Waals surface area contributed by atoms with Crippen LogP contribution in [0.3, 0.4) is 0 Å². The Balaban J connectivity index is 3.03. The van der Waals surface area contributed by atoms with Crippen molar-refractivity contribution in [3.05, 3.63) is 23.4 Å². The third kappa shape index (κ3) is 4.22. The van der Waals surface area contributed by atoms with E-state index in [0.29, 0.717) is 11.4 Å². The van der Waals surface area contributed by atoms with E-state index in [4.69, 9.17) is 5.73 Å². The Labute approximate surface area is 122 Å². The summed E-state index contributed by atoms with van der Waals surface area (Å²) >= 11 is 0. The molecule has 0 aliphatic heterocycles. The van der Waals surface area contributed by atoms with Crippen molar-refractivity contribution in [1.29, 1.82) is 0 Å². The second-order valence-electron chi connectivity index (χ2n) is 7.48. The van der Waals surface area contributed by atoms with Crippen molar-refractivity contribution < 1.29 is 4.79 Å². The lowest BCUT2D eigenvalue weighted by Gasteiger charge is -2.28. The number of hydrogen-bond donors (Lipinski definition) is 2. The molecule has 3 N–H and O–H groups in total. The van der Waals surface area contributed by atoms with E-state index >= 15 is 0 Å². The Bertz CT molecular complexity index is 495. The highest BCUT2D eigenvalue weighted by Gasteiger charge is 2.23. The fourth-order valence-corrected chi connectivity index (χ4v) is 1.56. The van der Waals surface area contributed by atoms with Gasteiger partial charge in [0.1, 0.15) is 5.82 Å². The molecule has 1 amide bonds. The number of amides is 1. The largest absolute Gasteiger partial charge is 0.384 e. The van der Waals surface area contributed by atoms with Crippen molar-refractivity contribution in [3.63, 3.8) is 0 Å². The Morgan fingerprint density at radius 1 is 1.20 bits per heavy atom. The van der Waals surface area contributed by atoms with E-state index < -0.39 is 0 Å². The summed E-state index contributed by atoms with van der Waals surface area (Å²) in [4.78, 5) is 16.7. The quantitative estimate of drug-likeness (QED) is 0.872. The van der Waals surface area contributed by atoms with Gasteiger partial charge in [-0.05, 0) is 24.5 Å². The van der Waals surface area contributed by atoms with Gasteiger partial charge in [0.25, 0.3) is 5.91 Å². The van der Waals surface area contributed by atoms with Gasteiger partial charge >= 0.3 is 0 Å². The van der Waals surface area contributed by atoms with Gasteiger partial charge in [0.05, 0.1) is 0 Å². The Morgan fingerprint density at radius 3 is 2.20 bits per heavy atom. The third-order valence-electron chi connectivity index (χ3n) is 3.52. The van der Waals surface area contributed by atoms with E-state index in [2.05, 4.69) is 31.1 Å². The molecule has 1 unspecified atom stereocenters. The summed E-state index contributed by atoms with van der Waals surface area (Å²) in [6, 6.07) is 3.52. The van der Waals surface area contributed by atoms with E-state index in [0.717, 1.165) is 5.69 Å². The molecular formula is C16H27N3O. The zero-order valence-corrected chi connectivity index (χ0v) is 13.7. The highest BCUT2D eigenvalue weighted by molar-refractivity contribution is 5.95. The Kier molecular flexibility index (Phi) is 4.47. The summed E-state index contributed by atoms with van der Waals surface area (Å²) in [5.74, 6) is 0.276. The molecule has 0 aliphatic carbocycles. The highest BCUT2D eigenvalue weighted by Crippen LogP contribution is 2.23. The first-order valence-electron chi connectivity index (χ1n) is 7.00. The zero-order chi connectivity index (χ0) is 15.7. The molecule has 0 spiro atoms. The molecule has 1 aromatic rings. The molecular weight excluding hydrogens is 250 g/mol. The maximum Gasteiger partial charge on any atom is 0.251 e. The minimum Gasteiger partial charge on any atom is -0.384 e. The molecule has 112 valence electrons. The number of carbonyl (C=O) groups excluding carboxylic acids is 1. The van der Waals surface area contributed by atoms with Crippen LogP contribution >= 0.6 is 0 Å². The molecule has 0 fully saturated rings. The van der Waals surface area contributed by atoms with E-state index in [1.54, 1.807) is 6.07 Å². The molecule has 0 saturated carbocycles. The van der Waals surface area contributed by atoms with Crippen LogP contribution in [0.15, 0.2) is 12.1 Å². The normalized spacial score (nSPS) is 13.9. The lowest BCUT2D eigenvalue weighted by atomic mass is 9.87. The van der Waals surface area contributed by atoms with Crippen molar-refractivity contribution in [3.8, 4) is 0 Å². The third-order valence-corrected chi connectivity index (χ3v) is 3.52. The maximum absolute atomic E-state index is 12.3. The second-order valence-corrected chi connectivity index (χ2v) is 7.48. The molecule has 0 saturated heterocycles. The van der Waals surface area contributed by atoms with Crippen LogP contribution in [0.4, 0.5) is 5.82 Å². The van der Waals surface area contributed by atoms with Crippen LogP contribution in [0.2, 0.25) is 0 Å². The van der Waals surface area contributed by atoms with Crippen LogP contribution in [0, 0.1) is 5.41 Å². The first-order valence-corrected chi connectivity index (χ1v) is 7.00. The van der Waals surface area contributed by atoms with Crippen LogP contribution in [0.1, 0.15) is 64.5 Å². The van der Waals surface area contributed by atoms with Crippen molar-refractivity contribution in [2.45, 2.75) is 59.9 Å². The van der Waals surface area contributed by atoms with Crippen molar-refractivity contribution in [1.82, 2.24) is 10.3 Å². The van der Waals surface area contributed by atoms with Crippen LogP contribution in [0.5, 0.6) is 0 Å². The van der Waals surface area contributed by atoms with E-state index in [1.807, 2.05) is 33.8 Å². The molecule has 1 atom stereocenters. The number of anilines is 1. The topological polar surface area (TPSA) is 68.0 Å². The number of nitrogens with zero attached hydrogens (tertiary/aromatic N) is 1. The standard InChI is InChI=1S/C16H27N3O/c1-10(15(2,3)4)18-14(20)11-8-12(16(5,6)7)19-13(17)9-11/h8-10H,1-7H3,(H2,17,19)(H,18,20). The predicted molar refractivity (Wildman–Crippen MR) is 83.7 cm³/mol. The molecule has 0 aromatic carbocycles. The molecule has 1 rings (SSSR count). The lowest BCUT2D eigenvalue weighted by molar-refractivity contribution is 0.0910. The van der Waals surface area contributed by atoms with Gasteiger partial charge in [-0.3, -0.25) is 4.79 Å². The van der Waals surface area contributed by atoms with Gasteiger partial charge < -0.3 is 11.1 Å². The van der Waals surface area contributed by atoms with Gasteiger partial charge in [-0.1, -0.05) is 41.5 Å². The number of hydrogen-bond acceptors (Lipinski definition) is 3. The monoisotopic (exact) mass is 277 g/mol. The molecule has 1 aromatic heterocycles. The molecule has 0 aliphatic rings. The van der Waals surface area contributed by atoms with Gasteiger partial charge in [-0.15, -0.1) is 0 Å². The van der Waals surface area contributed by atoms with Crippen LogP contribution in [-0.4, -0.2) is 16.9 Å². The van der Waals surface area contributed by atoms with Gasteiger partial charge in [0, 0.05) is 22.7 Å². The fourth-order valence-electron chi connectivity index (χ4n) is 1.56. The molecule has 0 radical (unpaired) electrons. The number of nitrogens with one attached hydrogen (secondary N) is 1. The summed E-state index contributed by atoms with van der Waals surface area (Å²) in [7, 11) is 0. The number of carbonyl (C=O) groups is 1. The first-order chi connectivity index (χ1) is 8.91. The first kappa shape index (κ1) is 16.5. The minimum absolute atomic E-state index is 0.0150. The Hall–Kier alpha value is -1.58. The lowest BCUT2D eigenvalue weighted by Crippen LogP contribution is -2.41. The maximum atomic E-state index is 12.3. The Morgan fingerprint density at radius 2 is 1.75 bits per heavy atom. The van der Waals surface area contributed by atoms with E-state index in [-0.39, 0.29) is 22.8 Å². The highest BCUT2D eigenvalue weighted by atomic mass is 16.1. The van der Waals surface area contributed by atoms with Crippen molar-refractivity contribution >= 4 is 11.7 Å². The molecule has 1 heterocycles. The summed E-state index contributed by atoms with van der Waals surface area (Å²) in [6.07, 6.45) is 0. The van der Waals surface area contributed by atoms with Gasteiger partial charge in [-0.2, -0.15) is 0 Å².